The second-order valence-electron chi connectivity index (χ2n) is 3.36. The largest absolute Gasteiger partial charge is 0.392 e. The van der Waals surface area contributed by atoms with Crippen LogP contribution in [0, 0.1) is 0 Å². The van der Waals surface area contributed by atoms with Gasteiger partial charge in [0.1, 0.15) is 0 Å². The van der Waals surface area contributed by atoms with Crippen molar-refractivity contribution in [3.05, 3.63) is 46.2 Å². The highest BCUT2D eigenvalue weighted by molar-refractivity contribution is 9.10. The van der Waals surface area contributed by atoms with Crippen molar-refractivity contribution in [2.75, 3.05) is 5.32 Å². The summed E-state index contributed by atoms with van der Waals surface area (Å²) in [4.78, 5) is 0. The van der Waals surface area contributed by atoms with Crippen molar-refractivity contribution in [1.29, 1.82) is 0 Å². The molecule has 1 aromatic carbocycles. The van der Waals surface area contributed by atoms with Crippen molar-refractivity contribution < 1.29 is 5.11 Å². The molecule has 0 unspecified atom stereocenters. The number of halogens is 1. The third kappa shape index (κ3) is 2.43. The van der Waals surface area contributed by atoms with E-state index in [2.05, 4.69) is 31.4 Å². The lowest BCUT2D eigenvalue weighted by molar-refractivity contribution is 0.281. The van der Waals surface area contributed by atoms with Gasteiger partial charge in [-0.15, -0.1) is 0 Å². The van der Waals surface area contributed by atoms with Gasteiger partial charge in [-0.3, -0.25) is 5.10 Å². The van der Waals surface area contributed by atoms with Crippen molar-refractivity contribution in [3.63, 3.8) is 0 Å². The van der Waals surface area contributed by atoms with Crippen LogP contribution in [0.4, 0.5) is 5.69 Å². The maximum atomic E-state index is 9.27. The van der Waals surface area contributed by atoms with Gasteiger partial charge in [-0.2, -0.15) is 5.10 Å². The summed E-state index contributed by atoms with van der Waals surface area (Å²) in [5.41, 5.74) is 2.79. The number of anilines is 1. The van der Waals surface area contributed by atoms with E-state index < -0.39 is 0 Å². The Labute approximate surface area is 102 Å². The number of benzene rings is 1. The van der Waals surface area contributed by atoms with Gasteiger partial charge in [-0.1, -0.05) is 22.0 Å². The Balaban J connectivity index is 2.12. The van der Waals surface area contributed by atoms with Crippen LogP contribution in [0.15, 0.2) is 34.9 Å². The van der Waals surface area contributed by atoms with Crippen LogP contribution in [-0.4, -0.2) is 15.3 Å². The van der Waals surface area contributed by atoms with E-state index in [9.17, 15) is 5.11 Å². The Hall–Kier alpha value is -1.33. The molecule has 16 heavy (non-hydrogen) atoms. The highest BCUT2D eigenvalue weighted by atomic mass is 79.9. The van der Waals surface area contributed by atoms with Crippen LogP contribution in [0.1, 0.15) is 11.3 Å². The fraction of sp³-hybridized carbons (Fsp3) is 0.182. The maximum Gasteiger partial charge on any atom is 0.0713 e. The molecule has 0 aliphatic heterocycles. The molecule has 0 atom stereocenters. The number of H-pyrrole nitrogens is 1. The molecule has 0 fully saturated rings. The second-order valence-corrected chi connectivity index (χ2v) is 4.21. The average molecular weight is 282 g/mol. The van der Waals surface area contributed by atoms with Gasteiger partial charge in [0, 0.05) is 21.9 Å². The molecule has 0 aliphatic carbocycles. The summed E-state index contributed by atoms with van der Waals surface area (Å²) >= 11 is 3.41. The van der Waals surface area contributed by atoms with E-state index >= 15 is 0 Å². The first-order valence-electron chi connectivity index (χ1n) is 4.91. The minimum absolute atomic E-state index is 0.00668. The molecule has 0 saturated carbocycles. The van der Waals surface area contributed by atoms with E-state index in [1.807, 2.05) is 24.3 Å². The number of aliphatic hydroxyl groups excluding tert-OH is 1. The molecule has 0 aliphatic rings. The number of nitrogens with one attached hydrogen (secondary N) is 2. The Kier molecular flexibility index (Phi) is 3.58. The summed E-state index contributed by atoms with van der Waals surface area (Å²) < 4.78 is 0.907. The van der Waals surface area contributed by atoms with E-state index in [0.29, 0.717) is 6.54 Å². The standard InChI is InChI=1S/C11H12BrN3O/c12-10-2-1-3-11(9(10)7-16)13-6-8-4-5-14-15-8/h1-5,13,16H,6-7H2,(H,14,15). The van der Waals surface area contributed by atoms with E-state index in [-0.39, 0.29) is 6.61 Å². The average Bonchev–Trinajstić information content (AvgIpc) is 2.79. The first kappa shape index (κ1) is 11.2. The molecule has 3 N–H and O–H groups in total. The molecule has 0 bridgehead atoms. The van der Waals surface area contributed by atoms with Gasteiger partial charge < -0.3 is 10.4 Å². The van der Waals surface area contributed by atoms with Crippen LogP contribution in [0.5, 0.6) is 0 Å². The van der Waals surface area contributed by atoms with Gasteiger partial charge in [0.05, 0.1) is 18.8 Å². The van der Waals surface area contributed by atoms with Gasteiger partial charge >= 0.3 is 0 Å². The topological polar surface area (TPSA) is 60.9 Å². The van der Waals surface area contributed by atoms with Crippen LogP contribution in [0.3, 0.4) is 0 Å². The van der Waals surface area contributed by atoms with Crippen LogP contribution >= 0.6 is 15.9 Å². The van der Waals surface area contributed by atoms with E-state index in [4.69, 9.17) is 0 Å². The molecule has 0 radical (unpaired) electrons. The number of hydrogen-bond donors (Lipinski definition) is 3. The molecular formula is C11H12BrN3O. The first-order valence-corrected chi connectivity index (χ1v) is 5.71. The quantitative estimate of drug-likeness (QED) is 0.806. The summed E-state index contributed by atoms with van der Waals surface area (Å²) in [5, 5.41) is 19.3. The number of rotatable bonds is 4. The van der Waals surface area contributed by atoms with Crippen LogP contribution in [0.2, 0.25) is 0 Å². The fourth-order valence-corrected chi connectivity index (χ4v) is 1.95. The molecule has 2 aromatic rings. The molecule has 5 heteroatoms. The Morgan fingerprint density at radius 2 is 2.25 bits per heavy atom. The smallest absolute Gasteiger partial charge is 0.0713 e. The van der Waals surface area contributed by atoms with Gasteiger partial charge in [0.25, 0.3) is 0 Å². The Morgan fingerprint density at radius 3 is 2.94 bits per heavy atom. The molecule has 0 amide bonds. The second kappa shape index (κ2) is 5.14. The zero-order valence-electron chi connectivity index (χ0n) is 8.57. The fourth-order valence-electron chi connectivity index (χ4n) is 1.46. The van der Waals surface area contributed by atoms with E-state index in [0.717, 1.165) is 21.4 Å². The molecule has 0 saturated heterocycles. The molecule has 0 spiro atoms. The number of aliphatic hydroxyl groups is 1. The van der Waals surface area contributed by atoms with E-state index in [1.165, 1.54) is 0 Å². The Morgan fingerprint density at radius 1 is 1.38 bits per heavy atom. The lowest BCUT2D eigenvalue weighted by atomic mass is 10.2. The minimum atomic E-state index is 0.00668. The molecule has 84 valence electrons. The first-order chi connectivity index (χ1) is 7.81. The third-order valence-electron chi connectivity index (χ3n) is 2.30. The predicted octanol–water partition coefficient (Wildman–Crippen LogP) is 2.28. The molecule has 2 rings (SSSR count). The van der Waals surface area contributed by atoms with Crippen LogP contribution < -0.4 is 5.32 Å². The molecule has 4 nitrogen and oxygen atoms in total. The summed E-state index contributed by atoms with van der Waals surface area (Å²) in [7, 11) is 0. The minimum Gasteiger partial charge on any atom is -0.392 e. The lowest BCUT2D eigenvalue weighted by Gasteiger charge is -2.11. The van der Waals surface area contributed by atoms with Gasteiger partial charge in [0.2, 0.25) is 0 Å². The summed E-state index contributed by atoms with van der Waals surface area (Å²) in [6.07, 6.45) is 1.71. The summed E-state index contributed by atoms with van der Waals surface area (Å²) in [5.74, 6) is 0. The summed E-state index contributed by atoms with van der Waals surface area (Å²) in [6, 6.07) is 7.68. The lowest BCUT2D eigenvalue weighted by Crippen LogP contribution is -2.03. The van der Waals surface area contributed by atoms with Crippen molar-refractivity contribution >= 4 is 21.6 Å². The molecular weight excluding hydrogens is 270 g/mol. The zero-order valence-corrected chi connectivity index (χ0v) is 10.2. The van der Waals surface area contributed by atoms with Gasteiger partial charge in [-0.05, 0) is 18.2 Å². The van der Waals surface area contributed by atoms with Crippen LogP contribution in [0.25, 0.3) is 0 Å². The zero-order chi connectivity index (χ0) is 11.4. The monoisotopic (exact) mass is 281 g/mol. The van der Waals surface area contributed by atoms with Crippen molar-refractivity contribution in [3.8, 4) is 0 Å². The van der Waals surface area contributed by atoms with Crippen molar-refractivity contribution in [2.45, 2.75) is 13.2 Å². The third-order valence-corrected chi connectivity index (χ3v) is 3.05. The predicted molar refractivity (Wildman–Crippen MR) is 66.0 cm³/mol. The van der Waals surface area contributed by atoms with Crippen molar-refractivity contribution in [2.24, 2.45) is 0 Å². The number of aromatic amines is 1. The SMILES string of the molecule is OCc1c(Br)cccc1NCc1ccn[nH]1. The van der Waals surface area contributed by atoms with Gasteiger partial charge in [0.15, 0.2) is 0 Å². The summed E-state index contributed by atoms with van der Waals surface area (Å²) in [6.45, 7) is 0.663. The number of nitrogens with zero attached hydrogens (tertiary/aromatic N) is 1. The van der Waals surface area contributed by atoms with E-state index in [1.54, 1.807) is 6.20 Å². The maximum absolute atomic E-state index is 9.27. The number of hydrogen-bond acceptors (Lipinski definition) is 3. The van der Waals surface area contributed by atoms with Crippen LogP contribution in [-0.2, 0) is 13.2 Å². The van der Waals surface area contributed by atoms with Gasteiger partial charge in [-0.25, -0.2) is 0 Å². The number of aromatic nitrogens is 2. The molecule has 1 aromatic heterocycles. The molecule has 1 heterocycles. The Bertz CT molecular complexity index is 456. The normalized spacial score (nSPS) is 10.4. The highest BCUT2D eigenvalue weighted by Crippen LogP contribution is 2.24. The van der Waals surface area contributed by atoms with Crippen molar-refractivity contribution in [1.82, 2.24) is 10.2 Å². The highest BCUT2D eigenvalue weighted by Gasteiger charge is 2.05.